The molecule has 0 unspecified atom stereocenters. The van der Waals surface area contributed by atoms with Crippen molar-refractivity contribution >= 4 is 5.57 Å². The van der Waals surface area contributed by atoms with Crippen LogP contribution in [0.25, 0.3) is 5.57 Å². The third-order valence-corrected chi connectivity index (χ3v) is 4.44. The highest BCUT2D eigenvalue weighted by molar-refractivity contribution is 5.79. The minimum absolute atomic E-state index is 1.17. The van der Waals surface area contributed by atoms with Gasteiger partial charge in [-0.1, -0.05) is 43.0 Å². The maximum atomic E-state index is 4.28. The van der Waals surface area contributed by atoms with E-state index in [0.717, 1.165) is 0 Å². The minimum atomic E-state index is 1.17. The summed E-state index contributed by atoms with van der Waals surface area (Å²) in [5, 5.41) is 0. The zero-order valence-electron chi connectivity index (χ0n) is 10.5. The van der Waals surface area contributed by atoms with Crippen LogP contribution in [0, 0.1) is 0 Å². The number of fused-ring (bicyclic) bond motifs is 2. The molecule has 0 N–H and O–H groups in total. The molecule has 2 aromatic carbocycles. The van der Waals surface area contributed by atoms with Gasteiger partial charge in [0.15, 0.2) is 0 Å². The Balaban J connectivity index is 1.72. The van der Waals surface area contributed by atoms with Crippen molar-refractivity contribution < 1.29 is 0 Å². The Morgan fingerprint density at radius 2 is 1.11 bits per heavy atom. The summed E-state index contributed by atoms with van der Waals surface area (Å²) < 4.78 is 0. The summed E-state index contributed by atoms with van der Waals surface area (Å²) >= 11 is 0. The number of aryl methyl sites for hydroxylation is 4. The van der Waals surface area contributed by atoms with Crippen molar-refractivity contribution in [1.29, 1.82) is 0 Å². The third-order valence-electron chi connectivity index (χ3n) is 4.44. The zero-order valence-corrected chi connectivity index (χ0v) is 10.5. The topological polar surface area (TPSA) is 0 Å². The highest BCUT2D eigenvalue weighted by Gasteiger charge is 2.16. The van der Waals surface area contributed by atoms with Crippen molar-refractivity contribution in [1.82, 2.24) is 0 Å². The Bertz CT molecular complexity index is 604. The van der Waals surface area contributed by atoms with E-state index in [4.69, 9.17) is 0 Å². The standard InChI is InChI=1S/C18H16/c1-12(15-6-2-13-4-8-17(13)10-15)16-7-3-14-5-9-18(14)11-16/h2-3,6-7,10-11H,1,4-5,8-9H2. The van der Waals surface area contributed by atoms with E-state index in [2.05, 4.69) is 43.0 Å². The maximum absolute atomic E-state index is 4.28. The average Bonchev–Trinajstić information content (AvgIpc) is 2.32. The molecule has 0 amide bonds. The Morgan fingerprint density at radius 1 is 0.667 bits per heavy atom. The molecule has 4 rings (SSSR count). The molecule has 0 bridgehead atoms. The van der Waals surface area contributed by atoms with Gasteiger partial charge in [0.05, 0.1) is 0 Å². The van der Waals surface area contributed by atoms with Crippen molar-refractivity contribution in [2.75, 3.05) is 0 Å². The Labute approximate surface area is 108 Å². The van der Waals surface area contributed by atoms with Gasteiger partial charge in [0.25, 0.3) is 0 Å². The summed E-state index contributed by atoms with van der Waals surface area (Å²) in [6.45, 7) is 4.28. The Hall–Kier alpha value is -1.82. The van der Waals surface area contributed by atoms with Gasteiger partial charge in [-0.05, 0) is 64.6 Å². The van der Waals surface area contributed by atoms with E-state index in [9.17, 15) is 0 Å². The monoisotopic (exact) mass is 232 g/mol. The van der Waals surface area contributed by atoms with E-state index in [1.807, 2.05) is 0 Å². The quantitative estimate of drug-likeness (QED) is 0.735. The van der Waals surface area contributed by atoms with Crippen LogP contribution in [-0.4, -0.2) is 0 Å². The first kappa shape index (κ1) is 10.1. The minimum Gasteiger partial charge on any atom is -0.0906 e. The summed E-state index contributed by atoms with van der Waals surface area (Å²) in [6, 6.07) is 13.6. The molecular formula is C18H16. The molecule has 0 aliphatic heterocycles. The molecule has 88 valence electrons. The highest BCUT2D eigenvalue weighted by Crippen LogP contribution is 2.31. The molecule has 0 fully saturated rings. The summed E-state index contributed by atoms with van der Waals surface area (Å²) in [4.78, 5) is 0. The molecule has 0 spiro atoms. The molecule has 0 aromatic heterocycles. The normalized spacial score (nSPS) is 15.1. The lowest BCUT2D eigenvalue weighted by atomic mass is 9.83. The smallest absolute Gasteiger partial charge is 0.0181 e. The van der Waals surface area contributed by atoms with Crippen LogP contribution in [0.1, 0.15) is 33.4 Å². The van der Waals surface area contributed by atoms with Gasteiger partial charge in [0.1, 0.15) is 0 Å². The first-order valence-electron chi connectivity index (χ1n) is 6.74. The SMILES string of the molecule is C=C(c1ccc2c(c1)CC2)c1ccc2c(c1)CC2. The van der Waals surface area contributed by atoms with Crippen LogP contribution in [0.3, 0.4) is 0 Å². The fourth-order valence-electron chi connectivity index (χ4n) is 2.93. The van der Waals surface area contributed by atoms with Crippen LogP contribution >= 0.6 is 0 Å². The second-order valence-corrected chi connectivity index (χ2v) is 5.45. The number of rotatable bonds is 2. The van der Waals surface area contributed by atoms with Crippen LogP contribution < -0.4 is 0 Å². The van der Waals surface area contributed by atoms with E-state index in [1.54, 1.807) is 0 Å². The van der Waals surface area contributed by atoms with Gasteiger partial charge in [0.2, 0.25) is 0 Å². The van der Waals surface area contributed by atoms with Crippen LogP contribution in [0.2, 0.25) is 0 Å². The van der Waals surface area contributed by atoms with Crippen LogP contribution in [0.5, 0.6) is 0 Å². The van der Waals surface area contributed by atoms with E-state index < -0.39 is 0 Å². The molecule has 18 heavy (non-hydrogen) atoms. The van der Waals surface area contributed by atoms with Crippen molar-refractivity contribution in [2.24, 2.45) is 0 Å². The van der Waals surface area contributed by atoms with Gasteiger partial charge < -0.3 is 0 Å². The number of benzene rings is 2. The summed E-state index contributed by atoms with van der Waals surface area (Å²) in [6.07, 6.45) is 4.98. The molecule has 2 aliphatic rings. The molecule has 0 radical (unpaired) electrons. The zero-order chi connectivity index (χ0) is 12.1. The molecule has 0 heteroatoms. The lowest BCUT2D eigenvalue weighted by Gasteiger charge is -2.22. The Morgan fingerprint density at radius 3 is 1.44 bits per heavy atom. The lowest BCUT2D eigenvalue weighted by Crippen LogP contribution is -2.09. The largest absolute Gasteiger partial charge is 0.0906 e. The highest BCUT2D eigenvalue weighted by atomic mass is 14.2. The van der Waals surface area contributed by atoms with Crippen molar-refractivity contribution in [2.45, 2.75) is 25.7 Å². The maximum Gasteiger partial charge on any atom is -0.0181 e. The van der Waals surface area contributed by atoms with E-state index in [0.29, 0.717) is 0 Å². The van der Waals surface area contributed by atoms with Gasteiger partial charge in [-0.25, -0.2) is 0 Å². The number of hydrogen-bond acceptors (Lipinski definition) is 0. The van der Waals surface area contributed by atoms with E-state index in [-0.39, 0.29) is 0 Å². The van der Waals surface area contributed by atoms with E-state index in [1.165, 1.54) is 64.6 Å². The second kappa shape index (κ2) is 3.58. The number of hydrogen-bond donors (Lipinski definition) is 0. The molecule has 0 saturated carbocycles. The van der Waals surface area contributed by atoms with Gasteiger partial charge >= 0.3 is 0 Å². The van der Waals surface area contributed by atoms with Gasteiger partial charge in [-0.3, -0.25) is 0 Å². The fourth-order valence-corrected chi connectivity index (χ4v) is 2.93. The van der Waals surface area contributed by atoms with E-state index >= 15 is 0 Å². The predicted molar refractivity (Wildman–Crippen MR) is 75.8 cm³/mol. The molecule has 0 saturated heterocycles. The van der Waals surface area contributed by atoms with Gasteiger partial charge in [0, 0.05) is 0 Å². The Kier molecular flexibility index (Phi) is 2.02. The molecule has 2 aliphatic carbocycles. The predicted octanol–water partition coefficient (Wildman–Crippen LogP) is 3.95. The van der Waals surface area contributed by atoms with Crippen molar-refractivity contribution in [3.05, 3.63) is 76.4 Å². The van der Waals surface area contributed by atoms with Crippen molar-refractivity contribution in [3.8, 4) is 0 Å². The summed E-state index contributed by atoms with van der Waals surface area (Å²) in [5.74, 6) is 0. The first-order chi connectivity index (χ1) is 8.81. The second-order valence-electron chi connectivity index (χ2n) is 5.45. The third kappa shape index (κ3) is 1.38. The average molecular weight is 232 g/mol. The van der Waals surface area contributed by atoms with Gasteiger partial charge in [-0.2, -0.15) is 0 Å². The summed E-state index contributed by atoms with van der Waals surface area (Å²) in [7, 11) is 0. The fraction of sp³-hybridized carbons (Fsp3) is 0.222. The molecule has 2 aromatic rings. The van der Waals surface area contributed by atoms with Crippen LogP contribution in [0.4, 0.5) is 0 Å². The molecule has 0 heterocycles. The lowest BCUT2D eigenvalue weighted by molar-refractivity contribution is 0.837. The van der Waals surface area contributed by atoms with Crippen LogP contribution in [-0.2, 0) is 25.7 Å². The molecule has 0 atom stereocenters. The first-order valence-corrected chi connectivity index (χ1v) is 6.74. The van der Waals surface area contributed by atoms with Gasteiger partial charge in [-0.15, -0.1) is 0 Å². The van der Waals surface area contributed by atoms with Crippen molar-refractivity contribution in [3.63, 3.8) is 0 Å². The van der Waals surface area contributed by atoms with Crippen LogP contribution in [0.15, 0.2) is 43.0 Å². The summed E-state index contributed by atoms with van der Waals surface area (Å²) in [5.41, 5.74) is 9.79. The molecular weight excluding hydrogens is 216 g/mol. The molecule has 0 nitrogen and oxygen atoms in total.